The van der Waals surface area contributed by atoms with Crippen LogP contribution in [0.3, 0.4) is 0 Å². The number of nitrogens with zero attached hydrogens (tertiary/aromatic N) is 2. The molecule has 1 atom stereocenters. The number of rotatable bonds is 3. The van der Waals surface area contributed by atoms with E-state index in [0.29, 0.717) is 18.0 Å². The average molecular weight is 223 g/mol. The normalized spacial score (nSPS) is 32.4. The van der Waals surface area contributed by atoms with Crippen LogP contribution in [-0.4, -0.2) is 47.6 Å². The predicted octanol–water partition coefficient (Wildman–Crippen LogP) is 0.740. The van der Waals surface area contributed by atoms with Crippen LogP contribution in [0.4, 0.5) is 0 Å². The number of hydrogen-bond donors (Lipinski definition) is 1. The predicted molar refractivity (Wildman–Crippen MR) is 61.7 cm³/mol. The van der Waals surface area contributed by atoms with Crippen LogP contribution in [0, 0.1) is 0 Å². The van der Waals surface area contributed by atoms with Crippen LogP contribution >= 0.6 is 0 Å². The molecule has 0 aromatic heterocycles. The van der Waals surface area contributed by atoms with E-state index in [9.17, 15) is 4.79 Å². The van der Waals surface area contributed by atoms with Gasteiger partial charge >= 0.3 is 0 Å². The highest BCUT2D eigenvalue weighted by Crippen LogP contribution is 2.31. The van der Waals surface area contributed by atoms with E-state index in [1.165, 1.54) is 25.7 Å². The minimum Gasteiger partial charge on any atom is -0.312 e. The molecule has 0 spiro atoms. The number of amides is 1. The maximum atomic E-state index is 12.0. The first-order valence-electron chi connectivity index (χ1n) is 6.65. The summed E-state index contributed by atoms with van der Waals surface area (Å²) in [6, 6.07) is 1.20. The second kappa shape index (κ2) is 4.34. The third-order valence-corrected chi connectivity index (χ3v) is 3.90. The van der Waals surface area contributed by atoms with Gasteiger partial charge in [0.2, 0.25) is 5.91 Å². The lowest BCUT2D eigenvalue weighted by Gasteiger charge is -2.40. The number of carbonyl (C=O) groups excluding carboxylic acids is 1. The number of nitrogens with one attached hydrogen (secondary N) is 1. The van der Waals surface area contributed by atoms with Gasteiger partial charge in [0.1, 0.15) is 0 Å². The molecular weight excluding hydrogens is 202 g/mol. The molecule has 2 saturated heterocycles. The molecule has 1 unspecified atom stereocenters. The van der Waals surface area contributed by atoms with Crippen LogP contribution in [0.1, 0.15) is 38.5 Å². The lowest BCUT2D eigenvalue weighted by molar-refractivity contribution is -0.157. The van der Waals surface area contributed by atoms with Gasteiger partial charge in [-0.25, -0.2) is 5.01 Å². The summed E-state index contributed by atoms with van der Waals surface area (Å²) < 4.78 is 0. The molecular formula is C12H21N3O. The van der Waals surface area contributed by atoms with Crippen molar-refractivity contribution in [3.63, 3.8) is 0 Å². The molecule has 16 heavy (non-hydrogen) atoms. The summed E-state index contributed by atoms with van der Waals surface area (Å²) in [5.41, 5.74) is 0. The molecule has 3 aliphatic rings. The highest BCUT2D eigenvalue weighted by Gasteiger charge is 2.38. The van der Waals surface area contributed by atoms with Gasteiger partial charge < -0.3 is 5.32 Å². The third-order valence-electron chi connectivity index (χ3n) is 3.90. The summed E-state index contributed by atoms with van der Waals surface area (Å²) in [5, 5.41) is 7.87. The maximum absolute atomic E-state index is 12.0. The zero-order valence-corrected chi connectivity index (χ0v) is 9.82. The Hall–Kier alpha value is -0.610. The number of hydrogen-bond acceptors (Lipinski definition) is 3. The molecule has 0 aromatic rings. The van der Waals surface area contributed by atoms with Gasteiger partial charge in [0.15, 0.2) is 0 Å². The highest BCUT2D eigenvalue weighted by molar-refractivity contribution is 5.76. The van der Waals surface area contributed by atoms with Crippen molar-refractivity contribution in [1.82, 2.24) is 15.3 Å². The third kappa shape index (κ3) is 2.09. The van der Waals surface area contributed by atoms with Crippen molar-refractivity contribution in [3.05, 3.63) is 0 Å². The minimum atomic E-state index is 0.340. The summed E-state index contributed by atoms with van der Waals surface area (Å²) in [7, 11) is 0. The fourth-order valence-electron chi connectivity index (χ4n) is 2.87. The average Bonchev–Trinajstić information content (AvgIpc) is 3.00. The standard InChI is InChI=1S/C12H21N3O/c16-12-4-2-8-14(11-5-6-11)15(12)9-10-3-1-7-13-10/h10-11,13H,1-9H2. The Morgan fingerprint density at radius 3 is 2.81 bits per heavy atom. The van der Waals surface area contributed by atoms with Crippen molar-refractivity contribution in [2.24, 2.45) is 0 Å². The summed E-state index contributed by atoms with van der Waals surface area (Å²) in [6.07, 6.45) is 6.84. The van der Waals surface area contributed by atoms with Crippen molar-refractivity contribution in [2.75, 3.05) is 19.6 Å². The summed E-state index contributed by atoms with van der Waals surface area (Å²) in [5.74, 6) is 0.340. The van der Waals surface area contributed by atoms with Gasteiger partial charge in [-0.2, -0.15) is 0 Å². The summed E-state index contributed by atoms with van der Waals surface area (Å²) in [4.78, 5) is 12.0. The highest BCUT2D eigenvalue weighted by atomic mass is 16.2. The molecule has 4 heteroatoms. The van der Waals surface area contributed by atoms with Gasteiger partial charge in [0.05, 0.1) is 6.54 Å². The Morgan fingerprint density at radius 2 is 2.12 bits per heavy atom. The monoisotopic (exact) mass is 223 g/mol. The Morgan fingerprint density at radius 1 is 1.25 bits per heavy atom. The van der Waals surface area contributed by atoms with Crippen molar-refractivity contribution in [3.8, 4) is 0 Å². The lowest BCUT2D eigenvalue weighted by Crippen LogP contribution is -2.55. The molecule has 3 fully saturated rings. The first kappa shape index (κ1) is 10.5. The molecule has 2 heterocycles. The first-order chi connectivity index (χ1) is 7.84. The lowest BCUT2D eigenvalue weighted by atomic mass is 10.2. The van der Waals surface area contributed by atoms with Gasteiger partial charge in [-0.15, -0.1) is 0 Å². The van der Waals surface area contributed by atoms with Gasteiger partial charge in [-0.05, 0) is 38.6 Å². The van der Waals surface area contributed by atoms with Gasteiger partial charge in [0, 0.05) is 25.0 Å². The number of carbonyl (C=O) groups is 1. The first-order valence-corrected chi connectivity index (χ1v) is 6.65. The molecule has 2 aliphatic heterocycles. The van der Waals surface area contributed by atoms with E-state index >= 15 is 0 Å². The number of hydrazine groups is 1. The smallest absolute Gasteiger partial charge is 0.236 e. The molecule has 90 valence electrons. The zero-order valence-electron chi connectivity index (χ0n) is 9.82. The zero-order chi connectivity index (χ0) is 11.0. The van der Waals surface area contributed by atoms with E-state index in [2.05, 4.69) is 10.3 Å². The van der Waals surface area contributed by atoms with E-state index in [4.69, 9.17) is 0 Å². The van der Waals surface area contributed by atoms with Crippen molar-refractivity contribution < 1.29 is 4.79 Å². The van der Waals surface area contributed by atoms with Crippen molar-refractivity contribution in [1.29, 1.82) is 0 Å². The fourth-order valence-corrected chi connectivity index (χ4v) is 2.87. The van der Waals surface area contributed by atoms with Gasteiger partial charge in [-0.3, -0.25) is 9.80 Å². The molecule has 0 bridgehead atoms. The Kier molecular flexibility index (Phi) is 2.86. The summed E-state index contributed by atoms with van der Waals surface area (Å²) in [6.45, 7) is 3.11. The van der Waals surface area contributed by atoms with Crippen LogP contribution in [0.25, 0.3) is 0 Å². The maximum Gasteiger partial charge on any atom is 0.236 e. The summed E-state index contributed by atoms with van der Waals surface area (Å²) >= 11 is 0. The van der Waals surface area contributed by atoms with E-state index < -0.39 is 0 Å². The largest absolute Gasteiger partial charge is 0.312 e. The molecule has 0 radical (unpaired) electrons. The molecule has 1 N–H and O–H groups in total. The van der Waals surface area contributed by atoms with E-state index in [1.807, 2.05) is 5.01 Å². The Bertz CT molecular complexity index is 271. The topological polar surface area (TPSA) is 35.6 Å². The Balaban J connectivity index is 1.64. The second-order valence-corrected chi connectivity index (χ2v) is 5.27. The molecule has 1 aliphatic carbocycles. The minimum absolute atomic E-state index is 0.340. The molecule has 0 aromatic carbocycles. The molecule has 1 amide bonds. The van der Waals surface area contributed by atoms with Crippen molar-refractivity contribution >= 4 is 5.91 Å². The molecule has 4 nitrogen and oxygen atoms in total. The van der Waals surface area contributed by atoms with Crippen molar-refractivity contribution in [2.45, 2.75) is 50.6 Å². The molecule has 3 rings (SSSR count). The van der Waals surface area contributed by atoms with Crippen LogP contribution in [-0.2, 0) is 4.79 Å². The SMILES string of the molecule is O=C1CCCN(C2CC2)N1CC1CCCN1. The van der Waals surface area contributed by atoms with E-state index in [-0.39, 0.29) is 0 Å². The van der Waals surface area contributed by atoms with Crippen LogP contribution in [0.2, 0.25) is 0 Å². The fraction of sp³-hybridized carbons (Fsp3) is 0.917. The van der Waals surface area contributed by atoms with E-state index in [1.54, 1.807) is 0 Å². The van der Waals surface area contributed by atoms with Crippen LogP contribution < -0.4 is 5.32 Å². The van der Waals surface area contributed by atoms with Crippen LogP contribution in [0.15, 0.2) is 0 Å². The van der Waals surface area contributed by atoms with E-state index in [0.717, 1.165) is 32.5 Å². The van der Waals surface area contributed by atoms with Gasteiger partial charge in [-0.1, -0.05) is 0 Å². The van der Waals surface area contributed by atoms with Crippen LogP contribution in [0.5, 0.6) is 0 Å². The second-order valence-electron chi connectivity index (χ2n) is 5.27. The Labute approximate surface area is 96.9 Å². The molecule has 1 saturated carbocycles. The van der Waals surface area contributed by atoms with Gasteiger partial charge in [0.25, 0.3) is 0 Å². The quantitative estimate of drug-likeness (QED) is 0.766.